The van der Waals surface area contributed by atoms with Gasteiger partial charge in [-0.1, -0.05) is 22.9 Å². The summed E-state index contributed by atoms with van der Waals surface area (Å²) < 4.78 is 5.33. The Morgan fingerprint density at radius 2 is 2.12 bits per heavy atom. The number of amides is 1. The lowest BCUT2D eigenvalue weighted by Gasteiger charge is -2.09. The van der Waals surface area contributed by atoms with Gasteiger partial charge in [-0.2, -0.15) is 0 Å². The number of nitrogens with one attached hydrogen (secondary N) is 2. The molecule has 0 spiro atoms. The van der Waals surface area contributed by atoms with Crippen molar-refractivity contribution in [1.29, 1.82) is 0 Å². The van der Waals surface area contributed by atoms with Crippen molar-refractivity contribution in [3.05, 3.63) is 52.5 Å². The zero-order valence-corrected chi connectivity index (χ0v) is 15.0. The highest BCUT2D eigenvalue weighted by molar-refractivity contribution is 7.16. The Kier molecular flexibility index (Phi) is 5.11. The number of thiazole rings is 1. The molecule has 3 heterocycles. The van der Waals surface area contributed by atoms with Crippen LogP contribution in [-0.4, -0.2) is 21.0 Å². The number of hydrogen-bond donors (Lipinski definition) is 2. The van der Waals surface area contributed by atoms with Crippen LogP contribution in [0.3, 0.4) is 0 Å². The van der Waals surface area contributed by atoms with Crippen LogP contribution in [0.15, 0.2) is 36.8 Å². The van der Waals surface area contributed by atoms with E-state index in [1.165, 1.54) is 23.6 Å². The van der Waals surface area contributed by atoms with Gasteiger partial charge in [0.05, 0.1) is 16.9 Å². The standard InChI is InChI=1S/C16H14ClN5O2S/c1-9-3-5-18-8-12(9)22-15-14(20-10(2)25-15)24-16(23)21-11-4-6-19-13(17)7-11/h3-8,22H,1-2H3,(H,19,21,23). The number of carbonyl (C=O) groups excluding carboxylic acids is 1. The lowest BCUT2D eigenvalue weighted by atomic mass is 10.2. The minimum atomic E-state index is -0.668. The molecule has 0 saturated carbocycles. The predicted octanol–water partition coefficient (Wildman–Crippen LogP) is 4.56. The van der Waals surface area contributed by atoms with E-state index in [9.17, 15) is 4.79 Å². The van der Waals surface area contributed by atoms with E-state index in [-0.39, 0.29) is 11.0 Å². The van der Waals surface area contributed by atoms with Crippen LogP contribution in [0, 0.1) is 13.8 Å². The van der Waals surface area contributed by atoms with E-state index >= 15 is 0 Å². The average Bonchev–Trinajstić information content (AvgIpc) is 2.88. The minimum Gasteiger partial charge on any atom is -0.388 e. The summed E-state index contributed by atoms with van der Waals surface area (Å²) in [7, 11) is 0. The molecule has 0 fully saturated rings. The van der Waals surface area contributed by atoms with Gasteiger partial charge >= 0.3 is 6.09 Å². The number of anilines is 3. The normalized spacial score (nSPS) is 10.4. The zero-order valence-electron chi connectivity index (χ0n) is 13.4. The molecule has 0 aliphatic heterocycles. The van der Waals surface area contributed by atoms with Crippen LogP contribution in [0.4, 0.5) is 21.2 Å². The Balaban J connectivity index is 1.74. The molecular weight excluding hydrogens is 362 g/mol. The van der Waals surface area contributed by atoms with Crippen molar-refractivity contribution in [3.63, 3.8) is 0 Å². The Morgan fingerprint density at radius 3 is 2.88 bits per heavy atom. The smallest absolute Gasteiger partial charge is 0.388 e. The molecular formula is C16H14ClN5O2S. The summed E-state index contributed by atoms with van der Waals surface area (Å²) in [6.45, 7) is 3.79. The minimum absolute atomic E-state index is 0.198. The molecule has 3 aromatic heterocycles. The van der Waals surface area contributed by atoms with Gasteiger partial charge in [-0.15, -0.1) is 0 Å². The molecule has 0 aliphatic carbocycles. The number of hydrogen-bond acceptors (Lipinski definition) is 7. The van der Waals surface area contributed by atoms with E-state index in [0.29, 0.717) is 10.7 Å². The van der Waals surface area contributed by atoms with E-state index in [0.717, 1.165) is 16.3 Å². The fourth-order valence-corrected chi connectivity index (χ4v) is 2.92. The van der Waals surface area contributed by atoms with Crippen molar-refractivity contribution in [2.45, 2.75) is 13.8 Å². The van der Waals surface area contributed by atoms with Crippen molar-refractivity contribution in [1.82, 2.24) is 15.0 Å². The highest BCUT2D eigenvalue weighted by Crippen LogP contribution is 2.34. The van der Waals surface area contributed by atoms with Gasteiger partial charge in [0.25, 0.3) is 5.88 Å². The maximum atomic E-state index is 12.1. The van der Waals surface area contributed by atoms with E-state index in [4.69, 9.17) is 16.3 Å². The van der Waals surface area contributed by atoms with Crippen molar-refractivity contribution in [2.24, 2.45) is 0 Å². The van der Waals surface area contributed by atoms with Crippen LogP contribution < -0.4 is 15.4 Å². The van der Waals surface area contributed by atoms with E-state index in [1.54, 1.807) is 18.5 Å². The lowest BCUT2D eigenvalue weighted by molar-refractivity contribution is 0.214. The Morgan fingerprint density at radius 1 is 1.28 bits per heavy atom. The third-order valence-electron chi connectivity index (χ3n) is 3.15. The van der Waals surface area contributed by atoms with E-state index in [2.05, 4.69) is 25.6 Å². The molecule has 1 amide bonds. The maximum Gasteiger partial charge on any atom is 0.418 e. The fraction of sp³-hybridized carbons (Fsp3) is 0.125. The molecule has 0 atom stereocenters. The molecule has 25 heavy (non-hydrogen) atoms. The van der Waals surface area contributed by atoms with Gasteiger partial charge in [-0.3, -0.25) is 10.3 Å². The largest absolute Gasteiger partial charge is 0.418 e. The second-order valence-corrected chi connectivity index (χ2v) is 6.65. The first-order valence-corrected chi connectivity index (χ1v) is 8.46. The first-order chi connectivity index (χ1) is 12.0. The molecule has 0 radical (unpaired) electrons. The van der Waals surface area contributed by atoms with Crippen LogP contribution in [0.2, 0.25) is 5.15 Å². The summed E-state index contributed by atoms with van der Waals surface area (Å²) in [4.78, 5) is 24.3. The average molecular weight is 376 g/mol. The number of pyridine rings is 2. The monoisotopic (exact) mass is 375 g/mol. The number of aromatic nitrogens is 3. The molecule has 0 saturated heterocycles. The molecule has 0 aliphatic rings. The van der Waals surface area contributed by atoms with Crippen LogP contribution in [-0.2, 0) is 0 Å². The van der Waals surface area contributed by atoms with Crippen molar-refractivity contribution >= 4 is 45.4 Å². The highest BCUT2D eigenvalue weighted by atomic mass is 35.5. The Bertz CT molecular complexity index is 915. The maximum absolute atomic E-state index is 12.1. The number of nitrogens with zero attached hydrogens (tertiary/aromatic N) is 3. The van der Waals surface area contributed by atoms with E-state index in [1.807, 2.05) is 19.9 Å². The molecule has 7 nitrogen and oxygen atoms in total. The SMILES string of the molecule is Cc1nc(OC(=O)Nc2ccnc(Cl)c2)c(Nc2cnccc2C)s1. The van der Waals surface area contributed by atoms with Crippen LogP contribution in [0.1, 0.15) is 10.6 Å². The van der Waals surface area contributed by atoms with Gasteiger partial charge in [0.15, 0.2) is 5.00 Å². The number of rotatable bonds is 4. The predicted molar refractivity (Wildman–Crippen MR) is 98.0 cm³/mol. The summed E-state index contributed by atoms with van der Waals surface area (Å²) >= 11 is 7.17. The summed E-state index contributed by atoms with van der Waals surface area (Å²) in [6.07, 6.45) is 4.23. The van der Waals surface area contributed by atoms with Gasteiger partial charge in [-0.25, -0.2) is 14.8 Å². The lowest BCUT2D eigenvalue weighted by Crippen LogP contribution is -2.17. The zero-order chi connectivity index (χ0) is 17.8. The first kappa shape index (κ1) is 17.1. The van der Waals surface area contributed by atoms with Gasteiger partial charge in [-0.05, 0) is 37.6 Å². The highest BCUT2D eigenvalue weighted by Gasteiger charge is 2.16. The van der Waals surface area contributed by atoms with Crippen molar-refractivity contribution in [3.8, 4) is 5.88 Å². The second kappa shape index (κ2) is 7.45. The quantitative estimate of drug-likeness (QED) is 0.650. The summed E-state index contributed by atoms with van der Waals surface area (Å²) in [6, 6.07) is 5.02. The molecule has 2 N–H and O–H groups in total. The number of halogens is 1. The molecule has 0 aromatic carbocycles. The number of carbonyl (C=O) groups is 1. The first-order valence-electron chi connectivity index (χ1n) is 7.27. The molecule has 0 unspecified atom stereocenters. The molecule has 3 rings (SSSR count). The van der Waals surface area contributed by atoms with Crippen molar-refractivity contribution in [2.75, 3.05) is 10.6 Å². The summed E-state index contributed by atoms with van der Waals surface area (Å²) in [5.74, 6) is 0.198. The number of aryl methyl sites for hydroxylation is 2. The third-order valence-corrected chi connectivity index (χ3v) is 4.23. The summed E-state index contributed by atoms with van der Waals surface area (Å²) in [5, 5.41) is 7.44. The molecule has 3 aromatic rings. The van der Waals surface area contributed by atoms with E-state index < -0.39 is 6.09 Å². The van der Waals surface area contributed by atoms with Gasteiger partial charge in [0.2, 0.25) is 0 Å². The fourth-order valence-electron chi connectivity index (χ4n) is 1.98. The van der Waals surface area contributed by atoms with Crippen LogP contribution >= 0.6 is 22.9 Å². The summed E-state index contributed by atoms with van der Waals surface area (Å²) in [5.41, 5.74) is 2.31. The second-order valence-electron chi connectivity index (χ2n) is 5.06. The Labute approximate surface area is 153 Å². The van der Waals surface area contributed by atoms with Gasteiger partial charge < -0.3 is 10.1 Å². The third kappa shape index (κ3) is 4.43. The van der Waals surface area contributed by atoms with Crippen LogP contribution in [0.5, 0.6) is 5.88 Å². The van der Waals surface area contributed by atoms with Gasteiger partial charge in [0.1, 0.15) is 5.15 Å². The molecule has 128 valence electrons. The number of ether oxygens (including phenoxy) is 1. The topological polar surface area (TPSA) is 89.0 Å². The Hall–Kier alpha value is -2.71. The molecule has 9 heteroatoms. The molecule has 0 bridgehead atoms. The van der Waals surface area contributed by atoms with Crippen LogP contribution in [0.25, 0.3) is 0 Å². The van der Waals surface area contributed by atoms with Crippen molar-refractivity contribution < 1.29 is 9.53 Å². The van der Waals surface area contributed by atoms with Gasteiger partial charge in [0, 0.05) is 18.1 Å².